The molecular formula is C19H18BrNO6. The molecule has 0 fully saturated rings. The van der Waals surface area contributed by atoms with Crippen LogP contribution in [0.25, 0.3) is 0 Å². The van der Waals surface area contributed by atoms with Crippen LogP contribution < -0.4 is 14.8 Å². The normalized spacial score (nSPS) is 10.0. The van der Waals surface area contributed by atoms with Gasteiger partial charge in [-0.05, 0) is 49.4 Å². The molecule has 0 aliphatic carbocycles. The van der Waals surface area contributed by atoms with E-state index in [1.54, 1.807) is 12.1 Å². The number of halogens is 1. The number of amides is 1. The van der Waals surface area contributed by atoms with Crippen LogP contribution in [0.5, 0.6) is 11.5 Å². The highest BCUT2D eigenvalue weighted by Gasteiger charge is 2.14. The number of esters is 1. The molecule has 0 spiro atoms. The molecule has 2 aromatic rings. The Bertz CT molecular complexity index is 835. The first-order valence-electron chi connectivity index (χ1n) is 7.92. The fourth-order valence-corrected chi connectivity index (χ4v) is 2.30. The van der Waals surface area contributed by atoms with Gasteiger partial charge in [-0.15, -0.1) is 0 Å². The minimum Gasteiger partial charge on any atom is -0.493 e. The van der Waals surface area contributed by atoms with Crippen molar-refractivity contribution >= 4 is 39.3 Å². The number of anilines is 1. The summed E-state index contributed by atoms with van der Waals surface area (Å²) in [5, 5.41) is 2.70. The van der Waals surface area contributed by atoms with Crippen LogP contribution in [0.1, 0.15) is 17.3 Å². The largest absolute Gasteiger partial charge is 0.493 e. The molecule has 2 rings (SSSR count). The molecule has 0 saturated heterocycles. The molecule has 0 aliphatic rings. The van der Waals surface area contributed by atoms with Crippen LogP contribution in [0.3, 0.4) is 0 Å². The zero-order chi connectivity index (χ0) is 19.8. The summed E-state index contributed by atoms with van der Waals surface area (Å²) in [5.41, 5.74) is 0.849. The van der Waals surface area contributed by atoms with Crippen molar-refractivity contribution in [2.24, 2.45) is 0 Å². The molecule has 0 aliphatic heterocycles. The standard InChI is InChI=1S/C19H18BrNO6/c1-12(22)10-27-19(24)13-3-8-16(17(9-13)25-2)26-11-18(23)21-15-6-4-14(20)5-7-15/h3-9H,10-11H2,1-2H3,(H,21,23). The lowest BCUT2D eigenvalue weighted by molar-refractivity contribution is -0.120. The van der Waals surface area contributed by atoms with Gasteiger partial charge in [0.1, 0.15) is 6.61 Å². The molecule has 0 saturated carbocycles. The van der Waals surface area contributed by atoms with Crippen molar-refractivity contribution in [2.75, 3.05) is 25.6 Å². The van der Waals surface area contributed by atoms with Gasteiger partial charge in [0, 0.05) is 10.2 Å². The Morgan fingerprint density at radius 2 is 1.70 bits per heavy atom. The molecule has 0 atom stereocenters. The van der Waals surface area contributed by atoms with Crippen molar-refractivity contribution < 1.29 is 28.6 Å². The highest BCUT2D eigenvalue weighted by Crippen LogP contribution is 2.28. The molecular weight excluding hydrogens is 418 g/mol. The van der Waals surface area contributed by atoms with Crippen LogP contribution in [-0.4, -0.2) is 38.0 Å². The number of carbonyl (C=O) groups excluding carboxylic acids is 3. The molecule has 7 nitrogen and oxygen atoms in total. The predicted molar refractivity (Wildman–Crippen MR) is 102 cm³/mol. The quantitative estimate of drug-likeness (QED) is 0.640. The minimum absolute atomic E-state index is 0.208. The number of benzene rings is 2. The van der Waals surface area contributed by atoms with E-state index >= 15 is 0 Å². The second-order valence-corrected chi connectivity index (χ2v) is 6.40. The van der Waals surface area contributed by atoms with Crippen LogP contribution in [0.2, 0.25) is 0 Å². The third-order valence-electron chi connectivity index (χ3n) is 3.29. The number of Topliss-reactive ketones (excluding diaryl/α,β-unsaturated/α-hetero) is 1. The lowest BCUT2D eigenvalue weighted by Crippen LogP contribution is -2.20. The van der Waals surface area contributed by atoms with E-state index in [2.05, 4.69) is 21.2 Å². The summed E-state index contributed by atoms with van der Waals surface area (Å²) in [6.07, 6.45) is 0. The minimum atomic E-state index is -0.650. The summed E-state index contributed by atoms with van der Waals surface area (Å²) in [4.78, 5) is 34.8. The monoisotopic (exact) mass is 435 g/mol. The Hall–Kier alpha value is -2.87. The molecule has 0 bridgehead atoms. The molecule has 0 unspecified atom stereocenters. The number of hydrogen-bond acceptors (Lipinski definition) is 6. The second-order valence-electron chi connectivity index (χ2n) is 5.49. The average Bonchev–Trinajstić information content (AvgIpc) is 2.66. The third kappa shape index (κ3) is 6.41. The van der Waals surface area contributed by atoms with Gasteiger partial charge in [0.15, 0.2) is 23.9 Å². The van der Waals surface area contributed by atoms with Crippen molar-refractivity contribution in [2.45, 2.75) is 6.92 Å². The van der Waals surface area contributed by atoms with Gasteiger partial charge in [-0.1, -0.05) is 15.9 Å². The smallest absolute Gasteiger partial charge is 0.338 e. The number of carbonyl (C=O) groups is 3. The molecule has 0 radical (unpaired) electrons. The summed E-state index contributed by atoms with van der Waals surface area (Å²) >= 11 is 3.32. The van der Waals surface area contributed by atoms with Crippen LogP contribution >= 0.6 is 15.9 Å². The van der Waals surface area contributed by atoms with Crippen LogP contribution in [0, 0.1) is 0 Å². The average molecular weight is 436 g/mol. The third-order valence-corrected chi connectivity index (χ3v) is 3.82. The molecule has 1 N–H and O–H groups in total. The van der Waals surface area contributed by atoms with Crippen molar-refractivity contribution in [3.63, 3.8) is 0 Å². The van der Waals surface area contributed by atoms with Gasteiger partial charge < -0.3 is 19.5 Å². The van der Waals surface area contributed by atoms with E-state index in [1.165, 1.54) is 32.2 Å². The van der Waals surface area contributed by atoms with E-state index in [4.69, 9.17) is 14.2 Å². The fraction of sp³-hybridized carbons (Fsp3) is 0.211. The Balaban J connectivity index is 1.97. The molecule has 27 heavy (non-hydrogen) atoms. The number of methoxy groups -OCH3 is 1. The highest BCUT2D eigenvalue weighted by molar-refractivity contribution is 9.10. The van der Waals surface area contributed by atoms with Gasteiger partial charge >= 0.3 is 5.97 Å². The molecule has 8 heteroatoms. The predicted octanol–water partition coefficient (Wildman–Crippen LogP) is 3.22. The first-order valence-corrected chi connectivity index (χ1v) is 8.71. The Morgan fingerprint density at radius 3 is 2.33 bits per heavy atom. The van der Waals surface area contributed by atoms with Gasteiger partial charge in [-0.2, -0.15) is 0 Å². The Labute approximate surface area is 164 Å². The fourth-order valence-electron chi connectivity index (χ4n) is 2.04. The van der Waals surface area contributed by atoms with Gasteiger partial charge in [0.2, 0.25) is 0 Å². The molecule has 0 aromatic heterocycles. The van der Waals surface area contributed by atoms with E-state index in [9.17, 15) is 14.4 Å². The maximum atomic E-state index is 12.0. The first kappa shape index (κ1) is 20.4. The van der Waals surface area contributed by atoms with Crippen LogP contribution in [-0.2, 0) is 14.3 Å². The van der Waals surface area contributed by atoms with E-state index in [0.29, 0.717) is 11.4 Å². The van der Waals surface area contributed by atoms with Crippen molar-refractivity contribution in [1.29, 1.82) is 0 Å². The van der Waals surface area contributed by atoms with Crippen LogP contribution in [0.15, 0.2) is 46.9 Å². The van der Waals surface area contributed by atoms with E-state index in [-0.39, 0.29) is 36.2 Å². The summed E-state index contributed by atoms with van der Waals surface area (Å²) in [5.74, 6) is -0.685. The molecule has 142 valence electrons. The summed E-state index contributed by atoms with van der Waals surface area (Å²) in [7, 11) is 1.41. The van der Waals surface area contributed by atoms with Gasteiger partial charge in [-0.25, -0.2) is 4.79 Å². The zero-order valence-corrected chi connectivity index (χ0v) is 16.4. The topological polar surface area (TPSA) is 90.9 Å². The van der Waals surface area contributed by atoms with Gasteiger partial charge in [0.25, 0.3) is 5.91 Å². The Morgan fingerprint density at radius 1 is 1.00 bits per heavy atom. The lowest BCUT2D eigenvalue weighted by atomic mass is 10.2. The van der Waals surface area contributed by atoms with Crippen molar-refractivity contribution in [1.82, 2.24) is 0 Å². The molecule has 1 amide bonds. The maximum Gasteiger partial charge on any atom is 0.338 e. The SMILES string of the molecule is COc1cc(C(=O)OCC(C)=O)ccc1OCC(=O)Nc1ccc(Br)cc1. The number of ether oxygens (including phenoxy) is 3. The highest BCUT2D eigenvalue weighted by atomic mass is 79.9. The van der Waals surface area contributed by atoms with Crippen molar-refractivity contribution in [3.8, 4) is 11.5 Å². The number of rotatable bonds is 8. The van der Waals surface area contributed by atoms with Gasteiger partial charge in [-0.3, -0.25) is 9.59 Å². The number of hydrogen-bond donors (Lipinski definition) is 1. The van der Waals surface area contributed by atoms with E-state index in [1.807, 2.05) is 12.1 Å². The summed E-state index contributed by atoms with van der Waals surface area (Å²) in [6.45, 7) is 0.792. The summed E-state index contributed by atoms with van der Waals surface area (Å²) in [6, 6.07) is 11.5. The zero-order valence-electron chi connectivity index (χ0n) is 14.8. The Kier molecular flexibility index (Phi) is 7.36. The molecule has 0 heterocycles. The summed E-state index contributed by atoms with van der Waals surface area (Å²) < 4.78 is 16.4. The van der Waals surface area contributed by atoms with E-state index < -0.39 is 5.97 Å². The van der Waals surface area contributed by atoms with Crippen LogP contribution in [0.4, 0.5) is 5.69 Å². The second kappa shape index (κ2) is 9.72. The lowest BCUT2D eigenvalue weighted by Gasteiger charge is -2.12. The van der Waals surface area contributed by atoms with E-state index in [0.717, 1.165) is 4.47 Å². The number of ketones is 1. The first-order chi connectivity index (χ1) is 12.9. The molecule has 2 aromatic carbocycles. The number of nitrogens with one attached hydrogen (secondary N) is 1. The van der Waals surface area contributed by atoms with Crippen molar-refractivity contribution in [3.05, 3.63) is 52.5 Å². The van der Waals surface area contributed by atoms with Gasteiger partial charge in [0.05, 0.1) is 12.7 Å². The maximum absolute atomic E-state index is 12.0.